The number of aryl methyl sites for hydroxylation is 2. The standard InChI is InChI=1S/C27H39F5O.C26H37F5O/c1-2-3-4-5-20-8-14-23(15-9-20)24-16-10-21(11-17-24)6-7-22-12-18-25(19-13-22)33-27(31,32)26(28,29)30;1-2-3-4-19-7-13-22(14-8-19)23-15-9-20(10-16-23)5-6-21-11-17-24(18-12-21)32-26(30,31)25(27,28)29/h12-13,18-21,23-24H,2-11,14-17H2,1H3;11-12,17-20,22-23H,2-10,13-16H2,1H3. The third-order valence-electron chi connectivity index (χ3n) is 15.8. The van der Waals surface area contributed by atoms with E-state index in [1.54, 1.807) is 24.3 Å². The molecule has 0 aromatic heterocycles. The van der Waals surface area contributed by atoms with Gasteiger partial charge >= 0.3 is 24.6 Å². The van der Waals surface area contributed by atoms with E-state index in [1.165, 1.54) is 172 Å². The molecule has 12 heteroatoms. The van der Waals surface area contributed by atoms with Crippen molar-refractivity contribution >= 4 is 0 Å². The molecule has 2 aromatic rings. The maximum Gasteiger partial charge on any atom is 0.499 e. The summed E-state index contributed by atoms with van der Waals surface area (Å²) in [5.74, 6) is 5.92. The molecule has 0 bridgehead atoms. The average molecular weight is 935 g/mol. The summed E-state index contributed by atoms with van der Waals surface area (Å²) < 4.78 is 133. The van der Waals surface area contributed by atoms with Crippen LogP contribution in [0.15, 0.2) is 48.5 Å². The molecule has 4 fully saturated rings. The Balaban J connectivity index is 0.000000244. The van der Waals surface area contributed by atoms with Crippen LogP contribution < -0.4 is 9.47 Å². The first kappa shape index (κ1) is 53.3. The normalized spacial score (nSPS) is 27.1. The third-order valence-corrected chi connectivity index (χ3v) is 15.8. The van der Waals surface area contributed by atoms with Crippen molar-refractivity contribution in [3.63, 3.8) is 0 Å². The second kappa shape index (κ2) is 25.1. The van der Waals surface area contributed by atoms with Gasteiger partial charge in [-0.1, -0.05) is 134 Å². The highest BCUT2D eigenvalue weighted by molar-refractivity contribution is 5.28. The summed E-state index contributed by atoms with van der Waals surface area (Å²) in [4.78, 5) is 0. The van der Waals surface area contributed by atoms with Crippen molar-refractivity contribution in [3.8, 4) is 11.5 Å². The van der Waals surface area contributed by atoms with Crippen molar-refractivity contribution in [2.45, 2.75) is 212 Å². The Kier molecular flexibility index (Phi) is 20.6. The highest BCUT2D eigenvalue weighted by Crippen LogP contribution is 2.45. The summed E-state index contributed by atoms with van der Waals surface area (Å²) in [6.45, 7) is 4.54. The zero-order valence-electron chi connectivity index (χ0n) is 38.9. The first-order chi connectivity index (χ1) is 30.9. The average Bonchev–Trinajstić information content (AvgIpc) is 3.28. The molecule has 2 nitrogen and oxygen atoms in total. The molecule has 0 spiro atoms. The largest absolute Gasteiger partial charge is 0.499 e. The summed E-state index contributed by atoms with van der Waals surface area (Å²) >= 11 is 0. The fourth-order valence-electron chi connectivity index (χ4n) is 11.6. The molecule has 65 heavy (non-hydrogen) atoms. The Morgan fingerprint density at radius 2 is 0.646 bits per heavy atom. The zero-order valence-corrected chi connectivity index (χ0v) is 38.9. The lowest BCUT2D eigenvalue weighted by Crippen LogP contribution is -2.41. The van der Waals surface area contributed by atoms with Gasteiger partial charge in [0, 0.05) is 0 Å². The lowest BCUT2D eigenvalue weighted by Gasteiger charge is -2.38. The van der Waals surface area contributed by atoms with Crippen LogP contribution >= 0.6 is 0 Å². The van der Waals surface area contributed by atoms with Crippen LogP contribution in [0.25, 0.3) is 0 Å². The molecule has 0 N–H and O–H groups in total. The lowest BCUT2D eigenvalue weighted by atomic mass is 9.68. The molecule has 4 aliphatic rings. The van der Waals surface area contributed by atoms with E-state index in [0.717, 1.165) is 72.3 Å². The molecule has 0 saturated heterocycles. The maximum atomic E-state index is 13.0. The predicted octanol–water partition coefficient (Wildman–Crippen LogP) is 18.3. The third kappa shape index (κ3) is 17.1. The van der Waals surface area contributed by atoms with Crippen LogP contribution in [0.4, 0.5) is 43.9 Å². The second-order valence-corrected chi connectivity index (χ2v) is 20.4. The second-order valence-electron chi connectivity index (χ2n) is 20.4. The molecular weight excluding hydrogens is 859 g/mol. The van der Waals surface area contributed by atoms with Gasteiger partial charge in [-0.3, -0.25) is 0 Å². The molecule has 0 radical (unpaired) electrons. The fraction of sp³-hybridized carbons (Fsp3) is 0.774. The van der Waals surface area contributed by atoms with Crippen LogP contribution in [0, 0.1) is 47.3 Å². The number of hydrogen-bond donors (Lipinski definition) is 0. The van der Waals surface area contributed by atoms with Crippen LogP contribution in [0.3, 0.4) is 0 Å². The zero-order chi connectivity index (χ0) is 47.1. The van der Waals surface area contributed by atoms with E-state index < -0.39 is 36.1 Å². The summed E-state index contributed by atoms with van der Waals surface area (Å²) in [6, 6.07) is 11.1. The molecule has 2 aromatic carbocycles. The molecule has 6 rings (SSSR count). The van der Waals surface area contributed by atoms with E-state index >= 15 is 0 Å². The van der Waals surface area contributed by atoms with Crippen molar-refractivity contribution < 1.29 is 53.4 Å². The van der Waals surface area contributed by atoms with Gasteiger partial charge in [-0.05, 0) is 160 Å². The van der Waals surface area contributed by atoms with Crippen LogP contribution in [-0.2, 0) is 12.8 Å². The van der Waals surface area contributed by atoms with Gasteiger partial charge < -0.3 is 9.47 Å². The Morgan fingerprint density at radius 3 is 0.923 bits per heavy atom. The van der Waals surface area contributed by atoms with Crippen molar-refractivity contribution in [2.24, 2.45) is 47.3 Å². The molecule has 0 amide bonds. The molecule has 0 heterocycles. The van der Waals surface area contributed by atoms with Crippen LogP contribution in [-0.4, -0.2) is 24.6 Å². The first-order valence-electron chi connectivity index (χ1n) is 25.3. The van der Waals surface area contributed by atoms with Gasteiger partial charge in [0.2, 0.25) is 0 Å². The van der Waals surface area contributed by atoms with Gasteiger partial charge in [0.15, 0.2) is 0 Å². The van der Waals surface area contributed by atoms with Crippen LogP contribution in [0.2, 0.25) is 0 Å². The van der Waals surface area contributed by atoms with Crippen LogP contribution in [0.5, 0.6) is 11.5 Å². The minimum atomic E-state index is -5.72. The Bertz CT molecular complexity index is 1590. The fourth-order valence-corrected chi connectivity index (χ4v) is 11.6. The minimum absolute atomic E-state index is 0.471. The number of unbranched alkanes of at least 4 members (excludes halogenated alkanes) is 3. The monoisotopic (exact) mass is 935 g/mol. The summed E-state index contributed by atoms with van der Waals surface area (Å²) in [6.07, 6.45) is 13.0. The SMILES string of the molecule is CCCCC1CCC(C2CCC(CCc3ccc(OC(F)(F)C(F)(F)F)cc3)CC2)CC1.CCCCCC1CCC(C2CCC(CCc3ccc(OC(F)(F)C(F)(F)F)cc3)CC2)CC1. The van der Waals surface area contributed by atoms with E-state index in [4.69, 9.17) is 0 Å². The molecule has 0 aliphatic heterocycles. The Labute approximate surface area is 382 Å². The van der Waals surface area contributed by atoms with Gasteiger partial charge in [-0.25, -0.2) is 0 Å². The van der Waals surface area contributed by atoms with E-state index in [2.05, 4.69) is 23.3 Å². The smallest absolute Gasteiger partial charge is 0.426 e. The number of benzene rings is 2. The summed E-state index contributed by atoms with van der Waals surface area (Å²) in [7, 11) is 0. The van der Waals surface area contributed by atoms with E-state index in [1.807, 2.05) is 0 Å². The predicted molar refractivity (Wildman–Crippen MR) is 238 cm³/mol. The molecule has 370 valence electrons. The van der Waals surface area contributed by atoms with Gasteiger partial charge in [0.05, 0.1) is 0 Å². The number of alkyl halides is 10. The maximum absolute atomic E-state index is 13.0. The molecule has 0 unspecified atom stereocenters. The number of ether oxygens (including phenoxy) is 2. The molecule has 0 atom stereocenters. The van der Waals surface area contributed by atoms with Crippen LogP contribution in [0.1, 0.15) is 185 Å². The van der Waals surface area contributed by atoms with Gasteiger partial charge in [0.1, 0.15) is 11.5 Å². The summed E-state index contributed by atoms with van der Waals surface area (Å²) in [5, 5.41) is 0. The van der Waals surface area contributed by atoms with Gasteiger partial charge in [0.25, 0.3) is 0 Å². The first-order valence-corrected chi connectivity index (χ1v) is 25.3. The summed E-state index contributed by atoms with van der Waals surface area (Å²) in [5.41, 5.74) is 1.89. The lowest BCUT2D eigenvalue weighted by molar-refractivity contribution is -0.360. The van der Waals surface area contributed by atoms with Crippen molar-refractivity contribution in [3.05, 3.63) is 59.7 Å². The van der Waals surface area contributed by atoms with Gasteiger partial charge in [-0.2, -0.15) is 43.9 Å². The minimum Gasteiger partial charge on any atom is -0.426 e. The van der Waals surface area contributed by atoms with E-state index in [-0.39, 0.29) is 0 Å². The van der Waals surface area contributed by atoms with Gasteiger partial charge in [-0.15, -0.1) is 0 Å². The number of hydrogen-bond acceptors (Lipinski definition) is 2. The quantitative estimate of drug-likeness (QED) is 0.103. The van der Waals surface area contributed by atoms with Crippen molar-refractivity contribution in [1.82, 2.24) is 0 Å². The Hall–Kier alpha value is -2.66. The van der Waals surface area contributed by atoms with Crippen molar-refractivity contribution in [1.29, 1.82) is 0 Å². The van der Waals surface area contributed by atoms with E-state index in [9.17, 15) is 43.9 Å². The molecular formula is C53H76F10O2. The highest BCUT2D eigenvalue weighted by atomic mass is 19.4. The Morgan fingerprint density at radius 1 is 0.369 bits per heavy atom. The topological polar surface area (TPSA) is 18.5 Å². The molecule has 4 aliphatic carbocycles. The van der Waals surface area contributed by atoms with Crippen molar-refractivity contribution in [2.75, 3.05) is 0 Å². The molecule has 4 saturated carbocycles. The highest BCUT2D eigenvalue weighted by Gasteiger charge is 2.62. The number of halogens is 10. The number of rotatable bonds is 19. The van der Waals surface area contributed by atoms with E-state index in [0.29, 0.717) is 11.8 Å².